The summed E-state index contributed by atoms with van der Waals surface area (Å²) < 4.78 is 11.1. The van der Waals surface area contributed by atoms with Crippen molar-refractivity contribution in [2.24, 2.45) is 0 Å². The highest BCUT2D eigenvalue weighted by Crippen LogP contribution is 2.08. The zero-order valence-corrected chi connectivity index (χ0v) is 11.4. The molecule has 0 saturated heterocycles. The maximum absolute atomic E-state index is 11.8. The van der Waals surface area contributed by atoms with Crippen LogP contribution in [0.15, 0.2) is 12.4 Å². The molecule has 0 spiro atoms. The average Bonchev–Trinajstić information content (AvgIpc) is 2.88. The number of carbonyl (C=O) groups excluding carboxylic acids is 2. The molecule has 1 aromatic rings. The number of esters is 1. The number of hydrogen-bond acceptors (Lipinski definition) is 5. The molecule has 1 atom stereocenters. The van der Waals surface area contributed by atoms with Crippen molar-refractivity contribution in [2.75, 3.05) is 26.9 Å². The molecule has 7 nitrogen and oxygen atoms in total. The van der Waals surface area contributed by atoms with Crippen LogP contribution in [0.1, 0.15) is 30.2 Å². The van der Waals surface area contributed by atoms with Crippen LogP contribution < -0.4 is 5.32 Å². The predicted molar refractivity (Wildman–Crippen MR) is 67.8 cm³/mol. The Kier molecular flexibility index (Phi) is 6.01. The van der Waals surface area contributed by atoms with Gasteiger partial charge in [0.05, 0.1) is 25.0 Å². The van der Waals surface area contributed by atoms with Gasteiger partial charge < -0.3 is 14.8 Å². The summed E-state index contributed by atoms with van der Waals surface area (Å²) in [5.74, 6) is -0.628. The molecule has 0 fully saturated rings. The van der Waals surface area contributed by atoms with Gasteiger partial charge in [-0.3, -0.25) is 9.48 Å². The van der Waals surface area contributed by atoms with E-state index in [0.29, 0.717) is 25.3 Å². The molecule has 0 saturated carbocycles. The molecule has 0 aliphatic carbocycles. The highest BCUT2D eigenvalue weighted by atomic mass is 16.5. The van der Waals surface area contributed by atoms with Crippen LogP contribution in [0.25, 0.3) is 0 Å². The summed E-state index contributed by atoms with van der Waals surface area (Å²) in [4.78, 5) is 23.2. The van der Waals surface area contributed by atoms with Gasteiger partial charge in [0, 0.05) is 19.9 Å². The van der Waals surface area contributed by atoms with E-state index >= 15 is 0 Å². The SMILES string of the molecule is CCOC(=O)c1cnn(C(C)C(=O)NCCOC)c1. The highest BCUT2D eigenvalue weighted by Gasteiger charge is 2.17. The van der Waals surface area contributed by atoms with Gasteiger partial charge in [-0.15, -0.1) is 0 Å². The van der Waals surface area contributed by atoms with Crippen LogP contribution in [-0.4, -0.2) is 48.5 Å². The zero-order valence-electron chi connectivity index (χ0n) is 11.4. The molecule has 1 N–H and O–H groups in total. The fourth-order valence-corrected chi connectivity index (χ4v) is 1.41. The summed E-state index contributed by atoms with van der Waals surface area (Å²) in [5.41, 5.74) is 0.332. The smallest absolute Gasteiger partial charge is 0.341 e. The summed E-state index contributed by atoms with van der Waals surface area (Å²) in [5, 5.41) is 6.70. The first kappa shape index (κ1) is 15.2. The number of nitrogens with zero attached hydrogens (tertiary/aromatic N) is 2. The van der Waals surface area contributed by atoms with Gasteiger partial charge in [-0.05, 0) is 13.8 Å². The van der Waals surface area contributed by atoms with Crippen LogP contribution >= 0.6 is 0 Å². The van der Waals surface area contributed by atoms with E-state index in [1.54, 1.807) is 21.0 Å². The van der Waals surface area contributed by atoms with Crippen LogP contribution in [0.2, 0.25) is 0 Å². The Morgan fingerprint density at radius 1 is 1.53 bits per heavy atom. The van der Waals surface area contributed by atoms with Gasteiger partial charge in [0.15, 0.2) is 0 Å². The Labute approximate surface area is 111 Å². The first-order valence-corrected chi connectivity index (χ1v) is 6.08. The fraction of sp³-hybridized carbons (Fsp3) is 0.583. The topological polar surface area (TPSA) is 82.5 Å². The lowest BCUT2D eigenvalue weighted by Gasteiger charge is -2.12. The van der Waals surface area contributed by atoms with Gasteiger partial charge in [0.2, 0.25) is 5.91 Å². The second-order valence-electron chi connectivity index (χ2n) is 3.89. The Balaban J connectivity index is 2.59. The Morgan fingerprint density at radius 3 is 2.89 bits per heavy atom. The van der Waals surface area contributed by atoms with Crippen LogP contribution in [-0.2, 0) is 14.3 Å². The summed E-state index contributed by atoms with van der Waals surface area (Å²) in [6.07, 6.45) is 2.88. The van der Waals surface area contributed by atoms with Crippen molar-refractivity contribution in [2.45, 2.75) is 19.9 Å². The van der Waals surface area contributed by atoms with E-state index in [2.05, 4.69) is 10.4 Å². The first-order valence-electron chi connectivity index (χ1n) is 6.08. The van der Waals surface area contributed by atoms with Crippen molar-refractivity contribution >= 4 is 11.9 Å². The first-order chi connectivity index (χ1) is 9.10. The number of amides is 1. The minimum atomic E-state index is -0.500. The summed E-state index contributed by atoms with van der Waals surface area (Å²) >= 11 is 0. The van der Waals surface area contributed by atoms with Crippen molar-refractivity contribution in [3.63, 3.8) is 0 Å². The monoisotopic (exact) mass is 269 g/mol. The van der Waals surface area contributed by atoms with E-state index in [1.807, 2.05) is 0 Å². The van der Waals surface area contributed by atoms with E-state index in [4.69, 9.17) is 9.47 Å². The molecule has 19 heavy (non-hydrogen) atoms. The quantitative estimate of drug-likeness (QED) is 0.571. The number of nitrogens with one attached hydrogen (secondary N) is 1. The number of aromatic nitrogens is 2. The molecule has 0 radical (unpaired) electrons. The fourth-order valence-electron chi connectivity index (χ4n) is 1.41. The lowest BCUT2D eigenvalue weighted by molar-refractivity contribution is -0.124. The van der Waals surface area contributed by atoms with Crippen LogP contribution in [0.4, 0.5) is 0 Å². The molecule has 0 aromatic carbocycles. The Bertz CT molecular complexity index is 430. The number of hydrogen-bond donors (Lipinski definition) is 1. The molecule has 1 amide bonds. The third kappa shape index (κ3) is 4.36. The van der Waals surface area contributed by atoms with E-state index in [-0.39, 0.29) is 5.91 Å². The third-order valence-electron chi connectivity index (χ3n) is 2.49. The van der Waals surface area contributed by atoms with Gasteiger partial charge in [0.1, 0.15) is 6.04 Å². The minimum absolute atomic E-state index is 0.185. The van der Waals surface area contributed by atoms with Crippen molar-refractivity contribution in [1.29, 1.82) is 0 Å². The predicted octanol–water partition coefficient (Wildman–Crippen LogP) is 0.383. The summed E-state index contributed by atoms with van der Waals surface area (Å²) in [7, 11) is 1.56. The summed E-state index contributed by atoms with van der Waals surface area (Å²) in [6.45, 7) is 4.62. The standard InChI is InChI=1S/C12H19N3O4/c1-4-19-12(17)10-7-14-15(8-10)9(2)11(16)13-5-6-18-3/h7-9H,4-6H2,1-3H3,(H,13,16). The molecule has 1 unspecified atom stereocenters. The molecule has 106 valence electrons. The molecule has 1 rings (SSSR count). The number of methoxy groups -OCH3 is 1. The van der Waals surface area contributed by atoms with E-state index in [0.717, 1.165) is 0 Å². The van der Waals surface area contributed by atoms with E-state index in [1.165, 1.54) is 17.1 Å². The number of rotatable bonds is 7. The van der Waals surface area contributed by atoms with Gasteiger partial charge >= 0.3 is 5.97 Å². The van der Waals surface area contributed by atoms with E-state index < -0.39 is 12.0 Å². The Hall–Kier alpha value is -1.89. The van der Waals surface area contributed by atoms with Gasteiger partial charge in [-0.25, -0.2) is 4.79 Å². The number of ether oxygens (including phenoxy) is 2. The minimum Gasteiger partial charge on any atom is -0.462 e. The van der Waals surface area contributed by atoms with Crippen molar-refractivity contribution < 1.29 is 19.1 Å². The molecule has 7 heteroatoms. The second kappa shape index (κ2) is 7.52. The van der Waals surface area contributed by atoms with Gasteiger partial charge in [-0.2, -0.15) is 5.10 Å². The summed E-state index contributed by atoms with van der Waals surface area (Å²) in [6, 6.07) is -0.500. The lowest BCUT2D eigenvalue weighted by atomic mass is 10.3. The number of carbonyl (C=O) groups is 2. The molecule has 0 aliphatic heterocycles. The highest BCUT2D eigenvalue weighted by molar-refractivity contribution is 5.89. The van der Waals surface area contributed by atoms with Crippen LogP contribution in [0.5, 0.6) is 0 Å². The molecular formula is C12H19N3O4. The zero-order chi connectivity index (χ0) is 14.3. The molecule has 0 aliphatic rings. The maximum Gasteiger partial charge on any atom is 0.341 e. The molecule has 1 heterocycles. The second-order valence-corrected chi connectivity index (χ2v) is 3.89. The normalized spacial score (nSPS) is 11.9. The van der Waals surface area contributed by atoms with Crippen LogP contribution in [0.3, 0.4) is 0 Å². The van der Waals surface area contributed by atoms with Crippen molar-refractivity contribution in [3.8, 4) is 0 Å². The third-order valence-corrected chi connectivity index (χ3v) is 2.49. The van der Waals surface area contributed by atoms with Crippen molar-refractivity contribution in [1.82, 2.24) is 15.1 Å². The Morgan fingerprint density at radius 2 is 2.26 bits per heavy atom. The largest absolute Gasteiger partial charge is 0.462 e. The molecule has 1 aromatic heterocycles. The van der Waals surface area contributed by atoms with Crippen molar-refractivity contribution in [3.05, 3.63) is 18.0 Å². The van der Waals surface area contributed by atoms with Crippen LogP contribution in [0, 0.1) is 0 Å². The van der Waals surface area contributed by atoms with E-state index in [9.17, 15) is 9.59 Å². The molecular weight excluding hydrogens is 250 g/mol. The molecule has 0 bridgehead atoms. The lowest BCUT2D eigenvalue weighted by Crippen LogP contribution is -2.33. The average molecular weight is 269 g/mol. The maximum atomic E-state index is 11.8. The van der Waals surface area contributed by atoms with Gasteiger partial charge in [-0.1, -0.05) is 0 Å². The van der Waals surface area contributed by atoms with Gasteiger partial charge in [0.25, 0.3) is 0 Å².